The summed E-state index contributed by atoms with van der Waals surface area (Å²) in [5.41, 5.74) is 5.15. The third kappa shape index (κ3) is 3.73. The van der Waals surface area contributed by atoms with E-state index in [1.807, 2.05) is 23.1 Å². The fraction of sp³-hybridized carbons (Fsp3) is 0.207. The molecule has 1 aliphatic heterocycles. The Morgan fingerprint density at radius 3 is 2.29 bits per heavy atom. The monoisotopic (exact) mass is 453 g/mol. The summed E-state index contributed by atoms with van der Waals surface area (Å²) < 4.78 is 10.8. The minimum Gasteiger partial charge on any atom is -0.502 e. The number of rotatable bonds is 5. The lowest BCUT2D eigenvalue weighted by Gasteiger charge is -2.35. The number of phenols is 1. The number of benzene rings is 4. The Balaban J connectivity index is 1.69. The van der Waals surface area contributed by atoms with Crippen LogP contribution < -0.4 is 14.4 Å². The van der Waals surface area contributed by atoms with Crippen LogP contribution in [0.4, 0.5) is 5.69 Å². The normalized spacial score (nSPS) is 15.3. The number of ether oxygens (including phenoxy) is 2. The van der Waals surface area contributed by atoms with Gasteiger partial charge in [-0.1, -0.05) is 60.2 Å². The first-order chi connectivity index (χ1) is 16.5. The topological polar surface area (TPSA) is 59.0 Å². The molecule has 4 aromatic carbocycles. The molecule has 0 saturated carbocycles. The van der Waals surface area contributed by atoms with Gasteiger partial charge in [-0.2, -0.15) is 0 Å². The lowest BCUT2D eigenvalue weighted by molar-refractivity contribution is -0.119. The summed E-state index contributed by atoms with van der Waals surface area (Å²) in [6.07, 6.45) is 0.309. The minimum absolute atomic E-state index is 0.0463. The summed E-state index contributed by atoms with van der Waals surface area (Å²) >= 11 is 0. The maximum absolute atomic E-state index is 13.5. The van der Waals surface area contributed by atoms with Crippen LogP contribution in [0.2, 0.25) is 0 Å². The van der Waals surface area contributed by atoms with Crippen molar-refractivity contribution in [3.63, 3.8) is 0 Å². The Hall–Kier alpha value is -3.99. The fourth-order valence-corrected chi connectivity index (χ4v) is 4.86. The number of fused-ring (bicyclic) bond motifs is 3. The SMILES string of the molecule is COc1cc(C2CC(=O)N(Cc3ccc(C)cc3)c3ccc4ccccc4c32)cc(OC)c1O. The average Bonchev–Trinajstić information content (AvgIpc) is 2.86. The van der Waals surface area contributed by atoms with Gasteiger partial charge in [0.1, 0.15) is 0 Å². The summed E-state index contributed by atoms with van der Waals surface area (Å²) in [5, 5.41) is 12.7. The fourth-order valence-electron chi connectivity index (χ4n) is 4.86. The van der Waals surface area contributed by atoms with E-state index in [2.05, 4.69) is 49.4 Å². The molecule has 1 heterocycles. The van der Waals surface area contributed by atoms with Gasteiger partial charge in [-0.3, -0.25) is 4.79 Å². The molecule has 1 atom stereocenters. The maximum Gasteiger partial charge on any atom is 0.228 e. The molecule has 0 radical (unpaired) electrons. The van der Waals surface area contributed by atoms with Crippen molar-refractivity contribution < 1.29 is 19.4 Å². The van der Waals surface area contributed by atoms with Gasteiger partial charge in [0.15, 0.2) is 11.5 Å². The van der Waals surface area contributed by atoms with E-state index in [0.29, 0.717) is 24.5 Å². The molecule has 1 unspecified atom stereocenters. The van der Waals surface area contributed by atoms with Crippen LogP contribution in [0.3, 0.4) is 0 Å². The van der Waals surface area contributed by atoms with Crippen molar-refractivity contribution >= 4 is 22.4 Å². The van der Waals surface area contributed by atoms with Gasteiger partial charge in [-0.25, -0.2) is 0 Å². The number of hydrogen-bond donors (Lipinski definition) is 1. The van der Waals surface area contributed by atoms with Crippen LogP contribution in [0.1, 0.15) is 34.6 Å². The van der Waals surface area contributed by atoms with Crippen LogP contribution >= 0.6 is 0 Å². The Morgan fingerprint density at radius 1 is 0.941 bits per heavy atom. The van der Waals surface area contributed by atoms with Crippen LogP contribution in [-0.4, -0.2) is 25.2 Å². The molecule has 1 amide bonds. The molecular formula is C29H27NO4. The molecule has 5 heteroatoms. The predicted molar refractivity (Wildman–Crippen MR) is 134 cm³/mol. The zero-order chi connectivity index (χ0) is 23.8. The van der Waals surface area contributed by atoms with E-state index in [1.165, 1.54) is 19.8 Å². The number of anilines is 1. The molecule has 0 saturated heterocycles. The Morgan fingerprint density at radius 2 is 1.62 bits per heavy atom. The molecular weight excluding hydrogens is 426 g/mol. The summed E-state index contributed by atoms with van der Waals surface area (Å²) in [4.78, 5) is 15.4. The number of methoxy groups -OCH3 is 2. The third-order valence-electron chi connectivity index (χ3n) is 6.63. The summed E-state index contributed by atoms with van der Waals surface area (Å²) in [6.45, 7) is 2.57. The molecule has 0 spiro atoms. The highest BCUT2D eigenvalue weighted by molar-refractivity contribution is 6.03. The Kier molecular flexibility index (Phi) is 5.62. The highest BCUT2D eigenvalue weighted by Crippen LogP contribution is 2.47. The Labute approximate surface area is 199 Å². The second-order valence-corrected chi connectivity index (χ2v) is 8.72. The van der Waals surface area contributed by atoms with Gasteiger partial charge < -0.3 is 19.5 Å². The molecule has 1 aliphatic rings. The van der Waals surface area contributed by atoms with Crippen LogP contribution in [0.25, 0.3) is 10.8 Å². The highest BCUT2D eigenvalue weighted by Gasteiger charge is 2.34. The molecule has 1 N–H and O–H groups in total. The van der Waals surface area contributed by atoms with E-state index >= 15 is 0 Å². The van der Waals surface area contributed by atoms with E-state index in [-0.39, 0.29) is 17.6 Å². The van der Waals surface area contributed by atoms with Gasteiger partial charge in [0.2, 0.25) is 11.7 Å². The highest BCUT2D eigenvalue weighted by atomic mass is 16.5. The van der Waals surface area contributed by atoms with Crippen molar-refractivity contribution in [1.29, 1.82) is 0 Å². The predicted octanol–water partition coefficient (Wildman–Crippen LogP) is 5.94. The number of nitrogens with zero attached hydrogens (tertiary/aromatic N) is 1. The zero-order valence-corrected chi connectivity index (χ0v) is 19.5. The second kappa shape index (κ2) is 8.75. The quantitative estimate of drug-likeness (QED) is 0.406. The van der Waals surface area contributed by atoms with Crippen molar-refractivity contribution in [2.75, 3.05) is 19.1 Å². The van der Waals surface area contributed by atoms with E-state index in [4.69, 9.17) is 9.47 Å². The van der Waals surface area contributed by atoms with Crippen LogP contribution in [-0.2, 0) is 11.3 Å². The van der Waals surface area contributed by atoms with Crippen LogP contribution in [0.15, 0.2) is 72.8 Å². The molecule has 172 valence electrons. The molecule has 0 bridgehead atoms. The molecule has 34 heavy (non-hydrogen) atoms. The average molecular weight is 454 g/mol. The number of aromatic hydroxyl groups is 1. The van der Waals surface area contributed by atoms with Crippen molar-refractivity contribution in [1.82, 2.24) is 0 Å². The largest absolute Gasteiger partial charge is 0.502 e. The number of amides is 1. The van der Waals surface area contributed by atoms with Gasteiger partial charge in [-0.05, 0) is 52.6 Å². The van der Waals surface area contributed by atoms with E-state index in [0.717, 1.165) is 33.2 Å². The first-order valence-corrected chi connectivity index (χ1v) is 11.3. The number of carbonyl (C=O) groups excluding carboxylic acids is 1. The first-order valence-electron chi connectivity index (χ1n) is 11.3. The summed E-state index contributed by atoms with van der Waals surface area (Å²) in [7, 11) is 3.02. The number of hydrogen-bond acceptors (Lipinski definition) is 4. The van der Waals surface area contributed by atoms with Crippen molar-refractivity contribution in [3.05, 3.63) is 95.1 Å². The van der Waals surface area contributed by atoms with Gasteiger partial charge in [0, 0.05) is 18.0 Å². The molecule has 5 nitrogen and oxygen atoms in total. The molecule has 4 aromatic rings. The molecule has 0 fully saturated rings. The van der Waals surface area contributed by atoms with E-state index in [1.54, 1.807) is 12.1 Å². The van der Waals surface area contributed by atoms with Gasteiger partial charge in [-0.15, -0.1) is 0 Å². The summed E-state index contributed by atoms with van der Waals surface area (Å²) in [6, 6.07) is 24.3. The standard InChI is InChI=1S/C29H27NO4/c1-18-8-10-19(11-9-18)17-30-24-13-12-20-6-4-5-7-22(20)28(24)23(16-27(30)31)21-14-25(33-2)29(32)26(15-21)34-3/h4-15,23,32H,16-17H2,1-3H3. The van der Waals surface area contributed by atoms with Gasteiger partial charge in [0.05, 0.1) is 20.8 Å². The first kappa shape index (κ1) is 21.8. The van der Waals surface area contributed by atoms with Gasteiger partial charge in [0.25, 0.3) is 0 Å². The van der Waals surface area contributed by atoms with E-state index in [9.17, 15) is 9.90 Å². The summed E-state index contributed by atoms with van der Waals surface area (Å²) in [5.74, 6) is 0.456. The van der Waals surface area contributed by atoms with Gasteiger partial charge >= 0.3 is 0 Å². The second-order valence-electron chi connectivity index (χ2n) is 8.72. The van der Waals surface area contributed by atoms with Crippen molar-refractivity contribution in [3.8, 4) is 17.2 Å². The lowest BCUT2D eigenvalue weighted by Crippen LogP contribution is -2.36. The molecule has 0 aliphatic carbocycles. The smallest absolute Gasteiger partial charge is 0.228 e. The molecule has 0 aromatic heterocycles. The zero-order valence-electron chi connectivity index (χ0n) is 19.5. The minimum atomic E-state index is -0.203. The third-order valence-corrected chi connectivity index (χ3v) is 6.63. The molecule has 5 rings (SSSR count). The van der Waals surface area contributed by atoms with Crippen LogP contribution in [0, 0.1) is 6.92 Å². The van der Waals surface area contributed by atoms with E-state index < -0.39 is 0 Å². The number of carbonyl (C=O) groups is 1. The Bertz CT molecular complexity index is 1350. The van der Waals surface area contributed by atoms with Crippen molar-refractivity contribution in [2.45, 2.75) is 25.8 Å². The van der Waals surface area contributed by atoms with Crippen molar-refractivity contribution in [2.24, 2.45) is 0 Å². The van der Waals surface area contributed by atoms with Crippen LogP contribution in [0.5, 0.6) is 17.2 Å². The number of phenolic OH excluding ortho intramolecular Hbond substituents is 1. The maximum atomic E-state index is 13.5. The lowest BCUT2D eigenvalue weighted by atomic mass is 9.81. The number of aryl methyl sites for hydroxylation is 1.